The Kier molecular flexibility index (Phi) is 2.65. The fraction of sp³-hybridized carbons (Fsp3) is 0.833. The van der Waals surface area contributed by atoms with Crippen LogP contribution in [0.1, 0.15) is 19.8 Å². The van der Waals surface area contributed by atoms with E-state index in [4.69, 9.17) is 9.68 Å². The highest BCUT2D eigenvalue weighted by Gasteiger charge is 2.19. The first-order valence-corrected chi connectivity index (χ1v) is 3.43. The quantitative estimate of drug-likeness (QED) is 0.567. The van der Waals surface area contributed by atoms with Crippen LogP contribution < -0.4 is 0 Å². The Morgan fingerprint density at radius 1 is 1.50 bits per heavy atom. The highest BCUT2D eigenvalue weighted by molar-refractivity contribution is 5.73. The Hall–Kier alpha value is -0.610. The van der Waals surface area contributed by atoms with Gasteiger partial charge >= 0.3 is 0 Å². The molecule has 0 spiro atoms. The first kappa shape index (κ1) is 7.50. The zero-order valence-electron chi connectivity index (χ0n) is 6.00. The van der Waals surface area contributed by atoms with Crippen LogP contribution in [-0.4, -0.2) is 24.3 Å². The monoisotopic (exact) mass is 145 g/mol. The molecule has 0 atom stereocenters. The van der Waals surface area contributed by atoms with E-state index in [2.05, 4.69) is 0 Å². The number of hydroxylamine groups is 2. The molecule has 0 aromatic rings. The minimum Gasteiger partial charge on any atom is -0.270 e. The van der Waals surface area contributed by atoms with Crippen LogP contribution in [-0.2, 0) is 14.5 Å². The van der Waals surface area contributed by atoms with E-state index in [0.717, 1.165) is 11.6 Å². The highest BCUT2D eigenvalue weighted by atomic mass is 17.0. The lowest BCUT2D eigenvalue weighted by atomic mass is 10.3. The van der Waals surface area contributed by atoms with Crippen molar-refractivity contribution >= 4 is 5.91 Å². The fourth-order valence-electron chi connectivity index (χ4n) is 0.727. The van der Waals surface area contributed by atoms with E-state index in [1.54, 1.807) is 0 Å². The number of nitrogens with zero attached hydrogens (tertiary/aromatic N) is 1. The largest absolute Gasteiger partial charge is 0.273 e. The summed E-state index contributed by atoms with van der Waals surface area (Å²) in [5.74, 6) is -0.0972. The van der Waals surface area contributed by atoms with Gasteiger partial charge in [0.05, 0.1) is 0 Å². The van der Waals surface area contributed by atoms with Crippen molar-refractivity contribution in [3.05, 3.63) is 0 Å². The first-order chi connectivity index (χ1) is 4.84. The van der Waals surface area contributed by atoms with E-state index < -0.39 is 0 Å². The van der Waals surface area contributed by atoms with Gasteiger partial charge in [0.1, 0.15) is 13.2 Å². The maximum atomic E-state index is 10.9. The Balaban J connectivity index is 2.25. The number of hydrogen-bond acceptors (Lipinski definition) is 3. The summed E-state index contributed by atoms with van der Waals surface area (Å²) in [6.45, 7) is 2.90. The van der Waals surface area contributed by atoms with Crippen LogP contribution in [0.3, 0.4) is 0 Å². The molecule has 1 saturated heterocycles. The van der Waals surface area contributed by atoms with Gasteiger partial charge in [-0.2, -0.15) is 0 Å². The van der Waals surface area contributed by atoms with Crippen LogP contribution in [0, 0.1) is 0 Å². The van der Waals surface area contributed by atoms with Gasteiger partial charge < -0.3 is 0 Å². The molecule has 0 unspecified atom stereocenters. The van der Waals surface area contributed by atoms with Gasteiger partial charge in [0.25, 0.3) is 5.91 Å². The second-order valence-electron chi connectivity index (χ2n) is 2.07. The van der Waals surface area contributed by atoms with E-state index in [1.165, 1.54) is 0 Å². The standard InChI is InChI=1S/C6H11NO3/c1-2-3-6(8)7-9-4-5-10-7/h2-5H2,1H3. The van der Waals surface area contributed by atoms with Gasteiger partial charge in [-0.3, -0.25) is 4.79 Å². The second-order valence-corrected chi connectivity index (χ2v) is 2.07. The van der Waals surface area contributed by atoms with Gasteiger partial charge in [-0.25, -0.2) is 9.68 Å². The summed E-state index contributed by atoms with van der Waals surface area (Å²) in [6, 6.07) is 0. The third-order valence-electron chi connectivity index (χ3n) is 1.17. The van der Waals surface area contributed by atoms with Crippen molar-refractivity contribution < 1.29 is 14.5 Å². The number of amides is 1. The van der Waals surface area contributed by atoms with Gasteiger partial charge in [-0.1, -0.05) is 12.2 Å². The smallest absolute Gasteiger partial charge is 0.270 e. The Labute approximate surface area is 59.6 Å². The molecule has 1 fully saturated rings. The molecule has 0 saturated carbocycles. The third-order valence-corrected chi connectivity index (χ3v) is 1.17. The molecule has 0 aliphatic carbocycles. The maximum Gasteiger partial charge on any atom is 0.273 e. The van der Waals surface area contributed by atoms with Crippen molar-refractivity contribution in [2.45, 2.75) is 19.8 Å². The Morgan fingerprint density at radius 3 is 2.60 bits per heavy atom. The molecule has 0 aromatic heterocycles. The lowest BCUT2D eigenvalue weighted by Gasteiger charge is -2.09. The number of rotatable bonds is 2. The van der Waals surface area contributed by atoms with Crippen LogP contribution in [0.5, 0.6) is 0 Å². The van der Waals surface area contributed by atoms with E-state index in [1.807, 2.05) is 6.92 Å². The molecule has 58 valence electrons. The summed E-state index contributed by atoms with van der Waals surface area (Å²) in [6.07, 6.45) is 1.31. The van der Waals surface area contributed by atoms with E-state index in [-0.39, 0.29) is 5.91 Å². The minimum absolute atomic E-state index is 0.0972. The lowest BCUT2D eigenvalue weighted by molar-refractivity contribution is -0.278. The van der Waals surface area contributed by atoms with Crippen LogP contribution >= 0.6 is 0 Å². The van der Waals surface area contributed by atoms with Gasteiger partial charge in [0.15, 0.2) is 0 Å². The minimum atomic E-state index is -0.0972. The van der Waals surface area contributed by atoms with Crippen molar-refractivity contribution in [2.24, 2.45) is 0 Å². The maximum absolute atomic E-state index is 10.9. The molecule has 1 heterocycles. The average molecular weight is 145 g/mol. The van der Waals surface area contributed by atoms with Crippen LogP contribution in [0.4, 0.5) is 0 Å². The van der Waals surface area contributed by atoms with Crippen molar-refractivity contribution in [2.75, 3.05) is 13.2 Å². The topological polar surface area (TPSA) is 38.8 Å². The van der Waals surface area contributed by atoms with Gasteiger partial charge in [-0.05, 0) is 6.42 Å². The normalized spacial score (nSPS) is 17.9. The molecule has 0 radical (unpaired) electrons. The number of carbonyl (C=O) groups is 1. The predicted octanol–water partition coefficient (Wildman–Crippen LogP) is 0.492. The van der Waals surface area contributed by atoms with E-state index in [0.29, 0.717) is 19.6 Å². The summed E-state index contributed by atoms with van der Waals surface area (Å²) in [7, 11) is 0. The molecule has 10 heavy (non-hydrogen) atoms. The first-order valence-electron chi connectivity index (χ1n) is 3.43. The van der Waals surface area contributed by atoms with Crippen molar-refractivity contribution in [1.82, 2.24) is 5.23 Å². The Morgan fingerprint density at radius 2 is 2.10 bits per heavy atom. The van der Waals surface area contributed by atoms with Crippen molar-refractivity contribution in [3.8, 4) is 0 Å². The van der Waals surface area contributed by atoms with Gasteiger partial charge in [0.2, 0.25) is 0 Å². The molecule has 4 heteroatoms. The molecule has 0 bridgehead atoms. The van der Waals surface area contributed by atoms with Gasteiger partial charge in [-0.15, -0.1) is 0 Å². The summed E-state index contributed by atoms with van der Waals surface area (Å²) < 4.78 is 0. The SMILES string of the molecule is CCCC(=O)N1OCCO1. The van der Waals surface area contributed by atoms with Crippen LogP contribution in [0.25, 0.3) is 0 Å². The lowest BCUT2D eigenvalue weighted by Crippen LogP contribution is -2.24. The number of carbonyl (C=O) groups excluding carboxylic acids is 1. The van der Waals surface area contributed by atoms with Crippen LogP contribution in [0.2, 0.25) is 0 Å². The second kappa shape index (κ2) is 3.53. The molecule has 0 N–H and O–H groups in total. The Bertz CT molecular complexity index is 120. The zero-order valence-corrected chi connectivity index (χ0v) is 6.00. The fourth-order valence-corrected chi connectivity index (χ4v) is 0.727. The highest BCUT2D eigenvalue weighted by Crippen LogP contribution is 2.04. The van der Waals surface area contributed by atoms with Gasteiger partial charge in [0, 0.05) is 6.42 Å². The molecule has 1 amide bonds. The van der Waals surface area contributed by atoms with E-state index in [9.17, 15) is 4.79 Å². The summed E-state index contributed by atoms with van der Waals surface area (Å²) >= 11 is 0. The predicted molar refractivity (Wildman–Crippen MR) is 33.7 cm³/mol. The molecule has 4 nitrogen and oxygen atoms in total. The number of hydrogen-bond donors (Lipinski definition) is 0. The van der Waals surface area contributed by atoms with Crippen molar-refractivity contribution in [3.63, 3.8) is 0 Å². The summed E-state index contributed by atoms with van der Waals surface area (Å²) in [5, 5.41) is 0.976. The zero-order chi connectivity index (χ0) is 7.40. The summed E-state index contributed by atoms with van der Waals surface area (Å²) in [4.78, 5) is 20.6. The summed E-state index contributed by atoms with van der Waals surface area (Å²) in [5.41, 5.74) is 0. The van der Waals surface area contributed by atoms with Crippen LogP contribution in [0.15, 0.2) is 0 Å². The molecule has 1 aliphatic rings. The van der Waals surface area contributed by atoms with Crippen molar-refractivity contribution in [1.29, 1.82) is 0 Å². The molecular weight excluding hydrogens is 134 g/mol. The third kappa shape index (κ3) is 1.68. The molecule has 0 aromatic carbocycles. The molecule has 1 rings (SSSR count). The molecular formula is C6H11NO3. The molecule has 1 aliphatic heterocycles. The average Bonchev–Trinajstić information content (AvgIpc) is 2.38. The van der Waals surface area contributed by atoms with E-state index >= 15 is 0 Å².